The molecule has 4 heteroatoms. The van der Waals surface area contributed by atoms with Crippen LogP contribution in [0.3, 0.4) is 0 Å². The fraction of sp³-hybridized carbons (Fsp3) is 0.562. The highest BCUT2D eigenvalue weighted by molar-refractivity contribution is 9.09. The fourth-order valence-electron chi connectivity index (χ4n) is 3.05. The first kappa shape index (κ1) is 13.9. The highest BCUT2D eigenvalue weighted by Crippen LogP contribution is 2.29. The second kappa shape index (κ2) is 6.17. The molecule has 0 spiro atoms. The van der Waals surface area contributed by atoms with Crippen molar-refractivity contribution in [3.63, 3.8) is 0 Å². The van der Waals surface area contributed by atoms with Gasteiger partial charge in [0, 0.05) is 18.4 Å². The van der Waals surface area contributed by atoms with Gasteiger partial charge in [-0.1, -0.05) is 34.1 Å². The summed E-state index contributed by atoms with van der Waals surface area (Å²) in [5, 5.41) is 1.05. The number of alkyl halides is 1. The van der Waals surface area contributed by atoms with Gasteiger partial charge in [-0.05, 0) is 36.8 Å². The predicted octanol–water partition coefficient (Wildman–Crippen LogP) is 2.87. The molecule has 20 heavy (non-hydrogen) atoms. The molecule has 0 radical (unpaired) electrons. The zero-order chi connectivity index (χ0) is 13.9. The molecule has 0 aliphatic carbocycles. The molecule has 0 aromatic heterocycles. The number of likely N-dealkylation sites (tertiary alicyclic amines) is 1. The normalized spacial score (nSPS) is 23.1. The third-order valence-electron chi connectivity index (χ3n) is 4.37. The van der Waals surface area contributed by atoms with E-state index in [1.807, 2.05) is 23.1 Å². The number of amides is 1. The average molecular weight is 338 g/mol. The minimum atomic E-state index is -0.00887. The summed E-state index contributed by atoms with van der Waals surface area (Å²) < 4.78 is 5.74. The fourth-order valence-corrected chi connectivity index (χ4v) is 3.70. The molecule has 1 saturated heterocycles. The molecule has 3 rings (SSSR count). The van der Waals surface area contributed by atoms with E-state index in [0.717, 1.165) is 54.9 Å². The van der Waals surface area contributed by atoms with Crippen molar-refractivity contribution < 1.29 is 9.53 Å². The van der Waals surface area contributed by atoms with Crippen molar-refractivity contribution in [2.45, 2.75) is 19.3 Å². The highest BCUT2D eigenvalue weighted by atomic mass is 79.9. The maximum absolute atomic E-state index is 12.6. The Labute approximate surface area is 128 Å². The molecule has 2 aliphatic rings. The highest BCUT2D eigenvalue weighted by Gasteiger charge is 2.31. The third kappa shape index (κ3) is 2.85. The molecule has 108 valence electrons. The number of fused-ring (bicyclic) bond motifs is 1. The number of hydrogen-bond donors (Lipinski definition) is 0. The zero-order valence-corrected chi connectivity index (χ0v) is 13.1. The molecule has 1 amide bonds. The van der Waals surface area contributed by atoms with E-state index in [-0.39, 0.29) is 11.8 Å². The van der Waals surface area contributed by atoms with Crippen LogP contribution in [-0.2, 0) is 11.2 Å². The van der Waals surface area contributed by atoms with Crippen molar-refractivity contribution in [3.05, 3.63) is 29.8 Å². The van der Waals surface area contributed by atoms with Crippen LogP contribution in [0.15, 0.2) is 24.3 Å². The van der Waals surface area contributed by atoms with E-state index in [4.69, 9.17) is 4.74 Å². The maximum Gasteiger partial charge on any atom is 0.229 e. The zero-order valence-electron chi connectivity index (χ0n) is 11.6. The lowest BCUT2D eigenvalue weighted by atomic mass is 9.93. The van der Waals surface area contributed by atoms with Crippen LogP contribution in [0, 0.1) is 11.8 Å². The van der Waals surface area contributed by atoms with Crippen molar-refractivity contribution in [2.24, 2.45) is 11.8 Å². The van der Waals surface area contributed by atoms with Crippen molar-refractivity contribution in [1.29, 1.82) is 0 Å². The summed E-state index contributed by atoms with van der Waals surface area (Å²) in [5.41, 5.74) is 1.16. The van der Waals surface area contributed by atoms with Gasteiger partial charge in [0.25, 0.3) is 0 Å². The molecular weight excluding hydrogens is 318 g/mol. The lowest BCUT2D eigenvalue weighted by molar-refractivity contribution is -0.138. The summed E-state index contributed by atoms with van der Waals surface area (Å²) in [5.74, 6) is 1.93. The van der Waals surface area contributed by atoms with Crippen LogP contribution in [0.25, 0.3) is 0 Å². The largest absolute Gasteiger partial charge is 0.492 e. The van der Waals surface area contributed by atoms with Crippen LogP contribution in [0.4, 0.5) is 0 Å². The first-order chi connectivity index (χ1) is 9.78. The molecule has 1 unspecified atom stereocenters. The number of nitrogens with zero attached hydrogens (tertiary/aromatic N) is 1. The average Bonchev–Trinajstić information content (AvgIpc) is 2.54. The van der Waals surface area contributed by atoms with Crippen LogP contribution in [0.2, 0.25) is 0 Å². The summed E-state index contributed by atoms with van der Waals surface area (Å²) >= 11 is 3.54. The topological polar surface area (TPSA) is 29.5 Å². The van der Waals surface area contributed by atoms with E-state index >= 15 is 0 Å². The maximum atomic E-state index is 12.6. The Morgan fingerprint density at radius 2 is 2.05 bits per heavy atom. The first-order valence-corrected chi connectivity index (χ1v) is 8.45. The van der Waals surface area contributed by atoms with Gasteiger partial charge in [-0.15, -0.1) is 0 Å². The van der Waals surface area contributed by atoms with Gasteiger partial charge >= 0.3 is 0 Å². The molecule has 1 aromatic rings. The molecule has 2 heterocycles. The van der Waals surface area contributed by atoms with E-state index in [1.165, 1.54) is 0 Å². The smallest absolute Gasteiger partial charge is 0.229 e. The number of hydrogen-bond acceptors (Lipinski definition) is 2. The summed E-state index contributed by atoms with van der Waals surface area (Å²) in [6, 6.07) is 8.03. The van der Waals surface area contributed by atoms with Gasteiger partial charge in [-0.25, -0.2) is 0 Å². The molecular formula is C16H20BrNO2. The summed E-state index contributed by atoms with van der Waals surface area (Å²) in [7, 11) is 0. The van der Waals surface area contributed by atoms with E-state index < -0.39 is 0 Å². The summed E-state index contributed by atoms with van der Waals surface area (Å²) in [4.78, 5) is 14.6. The van der Waals surface area contributed by atoms with Crippen molar-refractivity contribution in [2.75, 3.05) is 25.0 Å². The molecule has 0 bridgehead atoms. The Kier molecular flexibility index (Phi) is 4.29. The number of benzene rings is 1. The van der Waals surface area contributed by atoms with E-state index in [1.54, 1.807) is 0 Å². The predicted molar refractivity (Wildman–Crippen MR) is 82.2 cm³/mol. The number of ether oxygens (including phenoxy) is 1. The number of piperidine rings is 1. The van der Waals surface area contributed by atoms with Gasteiger partial charge in [0.1, 0.15) is 12.4 Å². The molecule has 1 atom stereocenters. The van der Waals surface area contributed by atoms with Crippen molar-refractivity contribution >= 4 is 21.8 Å². The summed E-state index contributed by atoms with van der Waals surface area (Å²) in [6.45, 7) is 2.31. The molecule has 3 nitrogen and oxygen atoms in total. The minimum absolute atomic E-state index is 0.00887. The Morgan fingerprint density at radius 1 is 1.30 bits per heavy atom. The van der Waals surface area contributed by atoms with Crippen LogP contribution in [0.1, 0.15) is 18.4 Å². The quantitative estimate of drug-likeness (QED) is 0.776. The number of carbonyl (C=O) groups is 1. The Balaban J connectivity index is 1.62. The first-order valence-electron chi connectivity index (χ1n) is 7.33. The molecule has 1 fully saturated rings. The van der Waals surface area contributed by atoms with Crippen molar-refractivity contribution in [1.82, 2.24) is 4.90 Å². The van der Waals surface area contributed by atoms with Gasteiger partial charge in [-0.3, -0.25) is 4.79 Å². The van der Waals surface area contributed by atoms with Crippen LogP contribution in [0.5, 0.6) is 5.75 Å². The van der Waals surface area contributed by atoms with E-state index in [9.17, 15) is 4.79 Å². The second-order valence-electron chi connectivity index (χ2n) is 5.74. The van der Waals surface area contributed by atoms with Crippen LogP contribution < -0.4 is 4.74 Å². The second-order valence-corrected chi connectivity index (χ2v) is 6.39. The van der Waals surface area contributed by atoms with E-state index in [2.05, 4.69) is 22.0 Å². The van der Waals surface area contributed by atoms with Gasteiger partial charge < -0.3 is 9.64 Å². The van der Waals surface area contributed by atoms with E-state index in [0.29, 0.717) is 6.61 Å². The minimum Gasteiger partial charge on any atom is -0.492 e. The number of halogens is 1. The number of para-hydroxylation sites is 1. The van der Waals surface area contributed by atoms with Crippen molar-refractivity contribution in [3.8, 4) is 5.75 Å². The lowest BCUT2D eigenvalue weighted by Crippen LogP contribution is -2.44. The molecule has 1 aromatic carbocycles. The van der Waals surface area contributed by atoms with Gasteiger partial charge in [0.2, 0.25) is 5.91 Å². The molecule has 2 aliphatic heterocycles. The van der Waals surface area contributed by atoms with Crippen LogP contribution >= 0.6 is 15.9 Å². The Hall–Kier alpha value is -1.03. The summed E-state index contributed by atoms with van der Waals surface area (Å²) in [6.07, 6.45) is 3.04. The van der Waals surface area contributed by atoms with Gasteiger partial charge in [0.05, 0.1) is 5.92 Å². The standard InChI is InChI=1S/C16H20BrNO2/c17-10-12-5-7-18(8-6-12)16(19)14-9-13-3-1-2-4-15(13)20-11-14/h1-4,12,14H,5-11H2. The number of rotatable bonds is 2. The Morgan fingerprint density at radius 3 is 2.80 bits per heavy atom. The number of carbonyl (C=O) groups excluding carboxylic acids is 1. The molecule has 0 N–H and O–H groups in total. The molecule has 0 saturated carbocycles. The van der Waals surface area contributed by atoms with Gasteiger partial charge in [-0.2, -0.15) is 0 Å². The Bertz CT molecular complexity index is 483. The van der Waals surface area contributed by atoms with Crippen LogP contribution in [-0.4, -0.2) is 35.8 Å². The van der Waals surface area contributed by atoms with Gasteiger partial charge in [0.15, 0.2) is 0 Å². The monoisotopic (exact) mass is 337 g/mol. The SMILES string of the molecule is O=C(C1COc2ccccc2C1)N1CCC(CBr)CC1. The third-order valence-corrected chi connectivity index (χ3v) is 5.29. The lowest BCUT2D eigenvalue weighted by Gasteiger charge is -2.35.